The second-order valence-corrected chi connectivity index (χ2v) is 6.76. The van der Waals surface area contributed by atoms with Crippen LogP contribution in [0.3, 0.4) is 0 Å². The van der Waals surface area contributed by atoms with Crippen LogP contribution in [-0.2, 0) is 9.53 Å². The van der Waals surface area contributed by atoms with Gasteiger partial charge in [-0.05, 0) is 40.5 Å². The average molecular weight is 393 g/mol. The zero-order valence-electron chi connectivity index (χ0n) is 15.5. The fraction of sp³-hybridized carbons (Fsp3) is 0.130. The number of carbonyl (C=O) groups is 2. The molecule has 1 aliphatic carbocycles. The first kappa shape index (κ1) is 18.8. The highest BCUT2D eigenvalue weighted by atomic mass is 19.2. The van der Waals surface area contributed by atoms with Crippen molar-refractivity contribution in [3.8, 4) is 11.1 Å². The number of ether oxygens (including phenoxy) is 1. The molecule has 0 fully saturated rings. The lowest BCUT2D eigenvalue weighted by molar-refractivity contribution is -0.143. The molecule has 0 aliphatic heterocycles. The fourth-order valence-electron chi connectivity index (χ4n) is 3.82. The number of methoxy groups -OCH3 is 1. The van der Waals surface area contributed by atoms with Crippen molar-refractivity contribution >= 4 is 11.9 Å². The minimum absolute atomic E-state index is 0.0858. The molecule has 4 nitrogen and oxygen atoms in total. The maximum absolute atomic E-state index is 13.6. The molecule has 0 aromatic heterocycles. The Morgan fingerprint density at radius 1 is 0.897 bits per heavy atom. The number of carbonyl (C=O) groups excluding carboxylic acids is 2. The quantitative estimate of drug-likeness (QED) is 0.681. The van der Waals surface area contributed by atoms with Crippen molar-refractivity contribution < 1.29 is 23.1 Å². The van der Waals surface area contributed by atoms with Gasteiger partial charge in [0.1, 0.15) is 6.04 Å². The highest BCUT2D eigenvalue weighted by Gasteiger charge is 2.39. The van der Waals surface area contributed by atoms with Crippen molar-refractivity contribution in [3.05, 3.63) is 95.1 Å². The molecule has 3 aromatic rings. The molecule has 3 aromatic carbocycles. The van der Waals surface area contributed by atoms with E-state index in [2.05, 4.69) is 5.32 Å². The molecule has 1 aliphatic rings. The number of amides is 1. The Kier molecular flexibility index (Phi) is 4.84. The van der Waals surface area contributed by atoms with Gasteiger partial charge in [-0.3, -0.25) is 4.79 Å². The van der Waals surface area contributed by atoms with Gasteiger partial charge >= 0.3 is 5.97 Å². The Morgan fingerprint density at radius 3 is 2.03 bits per heavy atom. The minimum atomic E-state index is -1.14. The molecule has 1 amide bonds. The number of rotatable bonds is 4. The van der Waals surface area contributed by atoms with Gasteiger partial charge in [0.15, 0.2) is 11.6 Å². The summed E-state index contributed by atoms with van der Waals surface area (Å²) in [4.78, 5) is 25.3. The monoisotopic (exact) mass is 393 g/mol. The van der Waals surface area contributed by atoms with Gasteiger partial charge in [0.25, 0.3) is 5.91 Å². The van der Waals surface area contributed by atoms with E-state index in [-0.39, 0.29) is 5.56 Å². The van der Waals surface area contributed by atoms with E-state index >= 15 is 0 Å². The van der Waals surface area contributed by atoms with Gasteiger partial charge in [0, 0.05) is 11.5 Å². The number of esters is 1. The zero-order chi connectivity index (χ0) is 20.5. The number of fused-ring (bicyclic) bond motifs is 3. The molecule has 1 atom stereocenters. The molecule has 0 bridgehead atoms. The first-order chi connectivity index (χ1) is 14.0. The second kappa shape index (κ2) is 7.47. The van der Waals surface area contributed by atoms with Crippen molar-refractivity contribution in [2.75, 3.05) is 7.11 Å². The van der Waals surface area contributed by atoms with Crippen molar-refractivity contribution in [1.29, 1.82) is 0 Å². The second-order valence-electron chi connectivity index (χ2n) is 6.76. The van der Waals surface area contributed by atoms with Crippen LogP contribution in [0.15, 0.2) is 66.7 Å². The third kappa shape index (κ3) is 3.27. The van der Waals surface area contributed by atoms with Crippen LogP contribution in [0.5, 0.6) is 0 Å². The molecule has 4 rings (SSSR count). The van der Waals surface area contributed by atoms with Crippen LogP contribution in [0.1, 0.15) is 27.4 Å². The number of halogens is 2. The van der Waals surface area contributed by atoms with Gasteiger partial charge < -0.3 is 10.1 Å². The number of hydrogen-bond donors (Lipinski definition) is 1. The lowest BCUT2D eigenvalue weighted by Gasteiger charge is -2.24. The average Bonchev–Trinajstić information content (AvgIpc) is 3.07. The van der Waals surface area contributed by atoms with E-state index in [1.807, 2.05) is 48.5 Å². The summed E-state index contributed by atoms with van der Waals surface area (Å²) in [6.45, 7) is 0. The van der Waals surface area contributed by atoms with Crippen LogP contribution in [0.4, 0.5) is 8.78 Å². The lowest BCUT2D eigenvalue weighted by Crippen LogP contribution is -2.45. The van der Waals surface area contributed by atoms with Crippen LogP contribution < -0.4 is 5.32 Å². The summed E-state index contributed by atoms with van der Waals surface area (Å²) in [6.07, 6.45) is 0. The van der Waals surface area contributed by atoms with Gasteiger partial charge in [-0.25, -0.2) is 13.6 Å². The van der Waals surface area contributed by atoms with E-state index in [1.165, 1.54) is 13.2 Å². The van der Waals surface area contributed by atoms with Crippen LogP contribution in [0.25, 0.3) is 11.1 Å². The normalized spacial score (nSPS) is 13.3. The van der Waals surface area contributed by atoms with Crippen molar-refractivity contribution in [1.82, 2.24) is 5.32 Å². The third-order valence-electron chi connectivity index (χ3n) is 5.14. The summed E-state index contributed by atoms with van der Waals surface area (Å²) in [5.41, 5.74) is 3.63. The standard InChI is InChI=1S/C23H17F2NO3/c1-29-23(28)21(26-22(27)13-10-11-18(24)19(25)12-13)20-16-8-4-2-6-14(16)15-7-3-5-9-17(15)20/h2-12,20-21H,1H3,(H,26,27)/t21-/m1/s1. The largest absolute Gasteiger partial charge is 0.467 e. The zero-order valence-corrected chi connectivity index (χ0v) is 15.5. The molecule has 0 saturated heterocycles. The maximum atomic E-state index is 13.6. The van der Waals surface area contributed by atoms with Crippen molar-refractivity contribution in [2.24, 2.45) is 0 Å². The predicted octanol–water partition coefficient (Wildman–Crippen LogP) is 4.05. The summed E-state index contributed by atoms with van der Waals surface area (Å²) in [5.74, 6) is -3.98. The van der Waals surface area contributed by atoms with E-state index in [9.17, 15) is 18.4 Å². The van der Waals surface area contributed by atoms with E-state index < -0.39 is 35.5 Å². The van der Waals surface area contributed by atoms with E-state index in [0.29, 0.717) is 0 Å². The molecule has 0 spiro atoms. The Hall–Kier alpha value is -3.54. The number of hydrogen-bond acceptors (Lipinski definition) is 3. The molecule has 1 N–H and O–H groups in total. The molecule has 0 unspecified atom stereocenters. The summed E-state index contributed by atoms with van der Waals surface area (Å²) in [6, 6.07) is 17.1. The van der Waals surface area contributed by atoms with Gasteiger partial charge in [-0.1, -0.05) is 48.5 Å². The van der Waals surface area contributed by atoms with Gasteiger partial charge in [-0.15, -0.1) is 0 Å². The molecular weight excluding hydrogens is 376 g/mol. The number of benzene rings is 3. The predicted molar refractivity (Wildman–Crippen MR) is 103 cm³/mol. The summed E-state index contributed by atoms with van der Waals surface area (Å²) in [5, 5.41) is 2.65. The molecule has 146 valence electrons. The first-order valence-corrected chi connectivity index (χ1v) is 9.03. The summed E-state index contributed by atoms with van der Waals surface area (Å²) >= 11 is 0. The van der Waals surface area contributed by atoms with Crippen LogP contribution >= 0.6 is 0 Å². The topological polar surface area (TPSA) is 55.4 Å². The lowest BCUT2D eigenvalue weighted by atomic mass is 9.89. The molecule has 0 saturated carbocycles. The van der Waals surface area contributed by atoms with Gasteiger partial charge in [-0.2, -0.15) is 0 Å². The molecular formula is C23H17F2NO3. The Bertz CT molecular complexity index is 1070. The van der Waals surface area contributed by atoms with Gasteiger partial charge in [0.2, 0.25) is 0 Å². The van der Waals surface area contributed by atoms with Crippen molar-refractivity contribution in [3.63, 3.8) is 0 Å². The Labute approximate surface area is 166 Å². The SMILES string of the molecule is COC(=O)[C@H](NC(=O)c1ccc(F)c(F)c1)C1c2ccccc2-c2ccccc21. The molecule has 0 heterocycles. The number of nitrogens with one attached hydrogen (secondary N) is 1. The first-order valence-electron chi connectivity index (χ1n) is 9.03. The van der Waals surface area contributed by atoms with E-state index in [4.69, 9.17) is 4.74 Å². The van der Waals surface area contributed by atoms with E-state index in [1.54, 1.807) is 0 Å². The Morgan fingerprint density at radius 2 is 1.48 bits per heavy atom. The molecule has 0 radical (unpaired) electrons. The summed E-state index contributed by atoms with van der Waals surface area (Å²) in [7, 11) is 1.24. The minimum Gasteiger partial charge on any atom is -0.467 e. The van der Waals surface area contributed by atoms with Crippen LogP contribution in [-0.4, -0.2) is 25.0 Å². The molecule has 29 heavy (non-hydrogen) atoms. The van der Waals surface area contributed by atoms with E-state index in [0.717, 1.165) is 34.4 Å². The molecule has 6 heteroatoms. The van der Waals surface area contributed by atoms with Crippen LogP contribution in [0.2, 0.25) is 0 Å². The fourth-order valence-corrected chi connectivity index (χ4v) is 3.82. The highest BCUT2D eigenvalue weighted by Crippen LogP contribution is 2.46. The van der Waals surface area contributed by atoms with Crippen LogP contribution in [0, 0.1) is 11.6 Å². The maximum Gasteiger partial charge on any atom is 0.329 e. The third-order valence-corrected chi connectivity index (χ3v) is 5.14. The van der Waals surface area contributed by atoms with Crippen molar-refractivity contribution in [2.45, 2.75) is 12.0 Å². The van der Waals surface area contributed by atoms with Gasteiger partial charge in [0.05, 0.1) is 7.11 Å². The highest BCUT2D eigenvalue weighted by molar-refractivity contribution is 5.98. The smallest absolute Gasteiger partial charge is 0.329 e. The Balaban J connectivity index is 1.75. The summed E-state index contributed by atoms with van der Waals surface area (Å²) < 4.78 is 31.7.